The van der Waals surface area contributed by atoms with Gasteiger partial charge in [-0.3, -0.25) is 0 Å². The summed E-state index contributed by atoms with van der Waals surface area (Å²) in [5.41, 5.74) is -0.177. The summed E-state index contributed by atoms with van der Waals surface area (Å²) in [5, 5.41) is 21.6. The molecule has 178 valence electrons. The van der Waals surface area contributed by atoms with Crippen molar-refractivity contribution >= 4 is 36.5 Å². The molecule has 2 aromatic rings. The molecule has 0 saturated heterocycles. The normalized spacial score (nSPS) is 20.7. The molecule has 1 N–H and O–H groups in total. The maximum atomic E-state index is 11.3. The van der Waals surface area contributed by atoms with Crippen molar-refractivity contribution < 1.29 is 15.0 Å². The zero-order valence-corrected chi connectivity index (χ0v) is 22.9. The van der Waals surface area contributed by atoms with Crippen molar-refractivity contribution in [2.75, 3.05) is 0 Å². The molecule has 0 amide bonds. The number of carboxylic acid groups (broad SMARTS) is 1. The van der Waals surface area contributed by atoms with Crippen LogP contribution >= 0.6 is 0 Å². The average Bonchev–Trinajstić information content (AvgIpc) is 2.86. The summed E-state index contributed by atoms with van der Waals surface area (Å²) in [6, 6.07) is 9.92. The first-order chi connectivity index (χ1) is 16.1. The van der Waals surface area contributed by atoms with Crippen molar-refractivity contribution in [2.45, 2.75) is 108 Å². The second kappa shape index (κ2) is 12.5. The number of hydrogen-bond donors (Lipinski definition) is 1. The topological polar surface area (TPSA) is 60.4 Å². The van der Waals surface area contributed by atoms with Crippen molar-refractivity contribution in [3.63, 3.8) is 0 Å². The molecular formula is C29H40O3Sn. The first-order valence-electron chi connectivity index (χ1n) is 13.4. The molecule has 0 radical (unpaired) electrons. The molecule has 0 heterocycles. The van der Waals surface area contributed by atoms with Crippen LogP contribution < -0.4 is 5.11 Å². The minimum absolute atomic E-state index is 0.177. The van der Waals surface area contributed by atoms with Crippen molar-refractivity contribution in [1.29, 1.82) is 0 Å². The van der Waals surface area contributed by atoms with Crippen LogP contribution in [-0.4, -0.2) is 30.8 Å². The minimum Gasteiger partial charge on any atom is -0.872 e. The third-order valence-corrected chi connectivity index (χ3v) is 21.3. The van der Waals surface area contributed by atoms with Crippen molar-refractivity contribution in [1.82, 2.24) is 0 Å². The van der Waals surface area contributed by atoms with Crippen LogP contribution in [0.15, 0.2) is 36.4 Å². The molecule has 3 nitrogen and oxygen atoms in total. The van der Waals surface area contributed by atoms with E-state index in [2.05, 4.69) is 0 Å². The summed E-state index contributed by atoms with van der Waals surface area (Å²) in [6.07, 6.45) is 24.2. The largest absolute Gasteiger partial charge is 0.872 e. The Labute approximate surface area is 206 Å². The monoisotopic (exact) mass is 556 g/mol. The van der Waals surface area contributed by atoms with E-state index in [9.17, 15) is 9.90 Å². The number of hydrogen-bond acceptors (Lipinski definition) is 2. The summed E-state index contributed by atoms with van der Waals surface area (Å²) >= 11 is -1.15. The molecule has 3 saturated carbocycles. The Morgan fingerprint density at radius 2 is 1.09 bits per heavy atom. The van der Waals surface area contributed by atoms with Crippen LogP contribution in [0.2, 0.25) is 11.8 Å². The van der Waals surface area contributed by atoms with Crippen molar-refractivity contribution in [2.24, 2.45) is 0 Å². The first kappa shape index (κ1) is 24.9. The van der Waals surface area contributed by atoms with Gasteiger partial charge in [0.1, 0.15) is 0 Å². The van der Waals surface area contributed by atoms with E-state index >= 15 is 0 Å². The zero-order valence-electron chi connectivity index (χ0n) is 20.1. The molecule has 0 bridgehead atoms. The number of fused-ring (bicyclic) bond motifs is 1. The molecule has 5 rings (SSSR count). The van der Waals surface area contributed by atoms with E-state index in [1.165, 1.54) is 23.9 Å². The van der Waals surface area contributed by atoms with Gasteiger partial charge < -0.3 is 10.2 Å². The summed E-state index contributed by atoms with van der Waals surface area (Å²) < 4.78 is 3.96. The van der Waals surface area contributed by atoms with E-state index in [4.69, 9.17) is 5.11 Å². The second-order valence-electron chi connectivity index (χ2n) is 10.5. The van der Waals surface area contributed by atoms with Crippen LogP contribution in [0, 0.1) is 0 Å². The molecule has 33 heavy (non-hydrogen) atoms. The summed E-state index contributed by atoms with van der Waals surface area (Å²) in [5.74, 6) is -1.63. The van der Waals surface area contributed by atoms with Crippen LogP contribution in [0.5, 0.6) is 5.75 Å². The van der Waals surface area contributed by atoms with Gasteiger partial charge in [-0.1, -0.05) is 36.1 Å². The Bertz CT molecular complexity index is 850. The van der Waals surface area contributed by atoms with E-state index in [1.54, 1.807) is 115 Å². The quantitative estimate of drug-likeness (QED) is 0.388. The second-order valence-corrected chi connectivity index (χ2v) is 20.4. The number of carboxylic acids is 1. The summed E-state index contributed by atoms with van der Waals surface area (Å²) in [7, 11) is 0. The first-order valence-corrected chi connectivity index (χ1v) is 18.4. The van der Waals surface area contributed by atoms with Gasteiger partial charge in [-0.05, 0) is 16.8 Å². The van der Waals surface area contributed by atoms with Crippen LogP contribution in [0.1, 0.15) is 107 Å². The van der Waals surface area contributed by atoms with E-state index < -0.39 is 31.5 Å². The molecular weight excluding hydrogens is 515 g/mol. The number of rotatable bonds is 4. The van der Waals surface area contributed by atoms with Crippen LogP contribution in [-0.2, 0) is 0 Å². The number of carbonyl (C=O) groups is 1. The zero-order chi connectivity index (χ0) is 23.0. The third-order valence-electron chi connectivity index (χ3n) is 8.31. The maximum absolute atomic E-state index is 11.3. The fraction of sp³-hybridized carbons (Fsp3) is 0.621. The molecule has 0 aliphatic heterocycles. The summed E-state index contributed by atoms with van der Waals surface area (Å²) in [6.45, 7) is 0. The van der Waals surface area contributed by atoms with Crippen LogP contribution in [0.3, 0.4) is 0 Å². The number of aromatic carboxylic acids is 1. The molecule has 4 heteroatoms. The molecule has 3 aliphatic carbocycles. The Balaban J connectivity index is 0.000000165. The molecule has 2 aromatic carbocycles. The van der Waals surface area contributed by atoms with Gasteiger partial charge in [0.15, 0.2) is 0 Å². The van der Waals surface area contributed by atoms with Gasteiger partial charge in [-0.2, -0.15) is 0 Å². The Morgan fingerprint density at radius 3 is 1.48 bits per heavy atom. The van der Waals surface area contributed by atoms with Gasteiger partial charge in [0.25, 0.3) is 0 Å². The van der Waals surface area contributed by atoms with E-state index in [0.29, 0.717) is 0 Å². The Hall–Kier alpha value is -1.23. The molecule has 3 fully saturated rings. The maximum Gasteiger partial charge on any atom is 0.335 e. The van der Waals surface area contributed by atoms with E-state index in [0.717, 1.165) is 10.8 Å². The SMILES string of the molecule is C1CC[CH]([Sn+]([CH]2CCCCC2)[CH]2CCCCC2)CC1.O=C(O)c1cc2ccccc2cc1[O-]. The Kier molecular flexibility index (Phi) is 9.40. The van der Waals surface area contributed by atoms with Gasteiger partial charge >= 0.3 is 134 Å². The molecule has 0 atom stereocenters. The third kappa shape index (κ3) is 6.67. The predicted octanol–water partition coefficient (Wildman–Crippen LogP) is 8.10. The van der Waals surface area contributed by atoms with Gasteiger partial charge in [0.2, 0.25) is 0 Å². The van der Waals surface area contributed by atoms with E-state index in [1.807, 2.05) is 6.07 Å². The van der Waals surface area contributed by atoms with Crippen LogP contribution in [0.4, 0.5) is 0 Å². The fourth-order valence-corrected chi connectivity index (χ4v) is 21.6. The smallest absolute Gasteiger partial charge is 0.335 e. The molecule has 0 spiro atoms. The average molecular weight is 555 g/mol. The van der Waals surface area contributed by atoms with Crippen molar-refractivity contribution in [3.05, 3.63) is 42.0 Å². The molecule has 0 aromatic heterocycles. The van der Waals surface area contributed by atoms with E-state index in [-0.39, 0.29) is 5.56 Å². The molecule has 3 aliphatic rings. The summed E-state index contributed by atoms with van der Waals surface area (Å²) in [4.78, 5) is 10.7. The van der Waals surface area contributed by atoms with Gasteiger partial charge in [0, 0.05) is 0 Å². The van der Waals surface area contributed by atoms with Gasteiger partial charge in [0.05, 0.1) is 5.56 Å². The van der Waals surface area contributed by atoms with Crippen molar-refractivity contribution in [3.8, 4) is 5.75 Å². The predicted molar refractivity (Wildman–Crippen MR) is 137 cm³/mol. The van der Waals surface area contributed by atoms with Gasteiger partial charge in [-0.15, -0.1) is 0 Å². The van der Waals surface area contributed by atoms with Gasteiger partial charge in [-0.25, -0.2) is 4.79 Å². The van der Waals surface area contributed by atoms with Crippen LogP contribution in [0.25, 0.3) is 10.8 Å². The molecule has 0 unspecified atom stereocenters. The standard InChI is InChI=1S/C11H8O3.3C6H11.Sn/c12-10-6-8-4-2-1-3-7(8)5-9(10)11(13)14;3*1-2-4-6-5-3-1;/h1-6,12H,(H,13,14);3*1H,2-6H2;/q;;;;+1/p-1. The minimum atomic E-state index is -1.18. The Morgan fingerprint density at radius 1 is 0.697 bits per heavy atom. The fourth-order valence-electron chi connectivity index (χ4n) is 6.69. The number of benzene rings is 2.